The molecule has 2 heterocycles. The maximum absolute atomic E-state index is 13.4. The molecule has 25 heavy (non-hydrogen) atoms. The van der Waals surface area contributed by atoms with Gasteiger partial charge < -0.3 is 10.6 Å². The summed E-state index contributed by atoms with van der Waals surface area (Å²) in [6.45, 7) is 3.54. The van der Waals surface area contributed by atoms with E-state index < -0.39 is 0 Å². The third-order valence-electron chi connectivity index (χ3n) is 3.56. The molecule has 0 aliphatic rings. The lowest BCUT2D eigenvalue weighted by atomic mass is 10.2. The smallest absolute Gasteiger partial charge is 0.191 e. The first-order valence-corrected chi connectivity index (χ1v) is 8.71. The molecule has 0 aliphatic carbocycles. The summed E-state index contributed by atoms with van der Waals surface area (Å²) in [5.41, 5.74) is 1.58. The molecule has 0 spiro atoms. The van der Waals surface area contributed by atoms with Crippen LogP contribution >= 0.6 is 15.9 Å². The largest absolute Gasteiger partial charge is 0.357 e. The Hall–Kier alpha value is -2.48. The molecular formula is C17H18BrFN6. The predicted molar refractivity (Wildman–Crippen MR) is 98.7 cm³/mol. The van der Waals surface area contributed by atoms with E-state index in [0.29, 0.717) is 19.0 Å². The minimum absolute atomic E-state index is 0.277. The van der Waals surface area contributed by atoms with Gasteiger partial charge in [0.25, 0.3) is 0 Å². The van der Waals surface area contributed by atoms with Gasteiger partial charge in [-0.2, -0.15) is 0 Å². The quantitative estimate of drug-likeness (QED) is 0.506. The summed E-state index contributed by atoms with van der Waals surface area (Å²) in [5.74, 6) is 1.14. The average molecular weight is 405 g/mol. The Labute approximate surface area is 153 Å². The molecule has 2 aromatic heterocycles. The van der Waals surface area contributed by atoms with Crippen LogP contribution in [0, 0.1) is 5.82 Å². The van der Waals surface area contributed by atoms with Crippen molar-refractivity contribution in [3.05, 3.63) is 64.3 Å². The fourth-order valence-corrected chi connectivity index (χ4v) is 2.72. The Kier molecular flexibility index (Phi) is 5.60. The summed E-state index contributed by atoms with van der Waals surface area (Å²) in [5, 5.41) is 14.7. The number of aliphatic imine (C=N–C) groups is 1. The van der Waals surface area contributed by atoms with Crippen molar-refractivity contribution < 1.29 is 4.39 Å². The van der Waals surface area contributed by atoms with Gasteiger partial charge in [0.2, 0.25) is 0 Å². The van der Waals surface area contributed by atoms with Gasteiger partial charge >= 0.3 is 0 Å². The molecule has 6 nitrogen and oxygen atoms in total. The zero-order valence-corrected chi connectivity index (χ0v) is 15.3. The van der Waals surface area contributed by atoms with E-state index in [9.17, 15) is 4.39 Å². The maximum atomic E-state index is 13.4. The van der Waals surface area contributed by atoms with Crippen molar-refractivity contribution in [2.45, 2.75) is 20.0 Å². The van der Waals surface area contributed by atoms with E-state index in [-0.39, 0.29) is 5.82 Å². The molecule has 0 fully saturated rings. The molecule has 0 bridgehead atoms. The van der Waals surface area contributed by atoms with Crippen LogP contribution in [0.4, 0.5) is 4.39 Å². The van der Waals surface area contributed by atoms with E-state index in [1.807, 2.05) is 35.7 Å². The highest BCUT2D eigenvalue weighted by atomic mass is 79.9. The highest BCUT2D eigenvalue weighted by molar-refractivity contribution is 9.10. The molecule has 0 saturated carbocycles. The molecule has 3 aromatic rings. The van der Waals surface area contributed by atoms with Gasteiger partial charge in [-0.1, -0.05) is 22.0 Å². The Morgan fingerprint density at radius 1 is 1.24 bits per heavy atom. The van der Waals surface area contributed by atoms with E-state index in [1.54, 1.807) is 6.07 Å². The number of aromatic nitrogens is 3. The van der Waals surface area contributed by atoms with E-state index >= 15 is 0 Å². The zero-order chi connectivity index (χ0) is 17.6. The van der Waals surface area contributed by atoms with Crippen molar-refractivity contribution in [2.75, 3.05) is 6.54 Å². The molecular weight excluding hydrogens is 387 g/mol. The Balaban J connectivity index is 1.71. The predicted octanol–water partition coefficient (Wildman–Crippen LogP) is 2.89. The lowest BCUT2D eigenvalue weighted by Gasteiger charge is -2.11. The molecule has 3 rings (SSSR count). The lowest BCUT2D eigenvalue weighted by molar-refractivity contribution is 0.625. The second kappa shape index (κ2) is 8.06. The normalized spacial score (nSPS) is 11.7. The Morgan fingerprint density at radius 3 is 2.96 bits per heavy atom. The van der Waals surface area contributed by atoms with Crippen molar-refractivity contribution in [3.63, 3.8) is 0 Å². The van der Waals surface area contributed by atoms with E-state index in [4.69, 9.17) is 0 Å². The third kappa shape index (κ3) is 4.33. The fourth-order valence-electron chi connectivity index (χ4n) is 2.34. The Bertz CT molecular complexity index is 892. The molecule has 0 saturated heterocycles. The first-order valence-electron chi connectivity index (χ1n) is 7.92. The molecule has 0 atom stereocenters. The summed E-state index contributed by atoms with van der Waals surface area (Å²) in [4.78, 5) is 4.51. The van der Waals surface area contributed by atoms with Crippen molar-refractivity contribution >= 4 is 27.5 Å². The number of rotatable bonds is 5. The van der Waals surface area contributed by atoms with Crippen LogP contribution < -0.4 is 10.6 Å². The SMILES string of the molecule is CCNC(=NCc1cc(F)ccc1Br)NCc1nnc2ccccn12. The molecule has 130 valence electrons. The number of hydrogen-bond donors (Lipinski definition) is 2. The van der Waals surface area contributed by atoms with Crippen molar-refractivity contribution in [1.29, 1.82) is 0 Å². The molecule has 0 amide bonds. The second-order valence-corrected chi connectivity index (χ2v) is 6.18. The van der Waals surface area contributed by atoms with Gasteiger partial charge in [0, 0.05) is 17.2 Å². The van der Waals surface area contributed by atoms with Gasteiger partial charge in [0.15, 0.2) is 17.4 Å². The van der Waals surface area contributed by atoms with Crippen LogP contribution in [0.2, 0.25) is 0 Å². The molecule has 0 radical (unpaired) electrons. The lowest BCUT2D eigenvalue weighted by Crippen LogP contribution is -2.37. The summed E-state index contributed by atoms with van der Waals surface area (Å²) in [7, 11) is 0. The van der Waals surface area contributed by atoms with Crippen LogP contribution in [-0.4, -0.2) is 27.1 Å². The van der Waals surface area contributed by atoms with Gasteiger partial charge in [-0.3, -0.25) is 4.40 Å². The van der Waals surface area contributed by atoms with Gasteiger partial charge in [-0.25, -0.2) is 9.38 Å². The van der Waals surface area contributed by atoms with E-state index in [0.717, 1.165) is 28.1 Å². The van der Waals surface area contributed by atoms with Crippen molar-refractivity contribution in [3.8, 4) is 0 Å². The zero-order valence-electron chi connectivity index (χ0n) is 13.7. The number of nitrogens with one attached hydrogen (secondary N) is 2. The number of fused-ring (bicyclic) bond motifs is 1. The van der Waals surface area contributed by atoms with Crippen LogP contribution in [0.3, 0.4) is 0 Å². The van der Waals surface area contributed by atoms with E-state index in [1.165, 1.54) is 12.1 Å². The number of nitrogens with zero attached hydrogens (tertiary/aromatic N) is 4. The second-order valence-electron chi connectivity index (χ2n) is 5.33. The number of hydrogen-bond acceptors (Lipinski definition) is 3. The number of benzene rings is 1. The van der Waals surface area contributed by atoms with Crippen molar-refractivity contribution in [1.82, 2.24) is 25.2 Å². The molecule has 0 aliphatic heterocycles. The minimum Gasteiger partial charge on any atom is -0.357 e. The first-order chi connectivity index (χ1) is 12.2. The summed E-state index contributed by atoms with van der Waals surface area (Å²) < 4.78 is 16.1. The average Bonchev–Trinajstić information content (AvgIpc) is 3.03. The number of halogens is 2. The van der Waals surface area contributed by atoms with Crippen LogP contribution in [0.15, 0.2) is 52.1 Å². The highest BCUT2D eigenvalue weighted by Gasteiger charge is 2.06. The third-order valence-corrected chi connectivity index (χ3v) is 4.33. The standard InChI is InChI=1S/C17H18BrFN6/c1-2-20-17(21-10-12-9-13(19)6-7-14(12)18)22-11-16-24-23-15-5-3-4-8-25(15)16/h3-9H,2,10-11H2,1H3,(H2,20,21,22). The van der Waals surface area contributed by atoms with Gasteiger partial charge in [0.05, 0.1) is 13.1 Å². The number of pyridine rings is 1. The number of guanidine groups is 1. The Morgan fingerprint density at radius 2 is 2.12 bits per heavy atom. The molecule has 0 unspecified atom stereocenters. The molecule has 1 aromatic carbocycles. The molecule has 2 N–H and O–H groups in total. The maximum Gasteiger partial charge on any atom is 0.191 e. The van der Waals surface area contributed by atoms with E-state index in [2.05, 4.69) is 41.8 Å². The van der Waals surface area contributed by atoms with Gasteiger partial charge in [0.1, 0.15) is 5.82 Å². The highest BCUT2D eigenvalue weighted by Crippen LogP contribution is 2.18. The van der Waals surface area contributed by atoms with Gasteiger partial charge in [-0.15, -0.1) is 10.2 Å². The topological polar surface area (TPSA) is 66.6 Å². The van der Waals surface area contributed by atoms with Crippen molar-refractivity contribution in [2.24, 2.45) is 4.99 Å². The van der Waals surface area contributed by atoms with Crippen LogP contribution in [0.1, 0.15) is 18.3 Å². The fraction of sp³-hybridized carbons (Fsp3) is 0.235. The monoisotopic (exact) mass is 404 g/mol. The van der Waals surface area contributed by atoms with Crippen LogP contribution in [-0.2, 0) is 13.1 Å². The first kappa shape index (κ1) is 17.3. The van der Waals surface area contributed by atoms with Crippen LogP contribution in [0.5, 0.6) is 0 Å². The minimum atomic E-state index is -0.277. The molecule has 8 heteroatoms. The van der Waals surface area contributed by atoms with Crippen LogP contribution in [0.25, 0.3) is 5.65 Å². The summed E-state index contributed by atoms with van der Waals surface area (Å²) >= 11 is 3.42. The van der Waals surface area contributed by atoms with Gasteiger partial charge in [-0.05, 0) is 42.8 Å². The summed E-state index contributed by atoms with van der Waals surface area (Å²) in [6, 6.07) is 10.3. The summed E-state index contributed by atoms with van der Waals surface area (Å²) in [6.07, 6.45) is 1.92.